The lowest BCUT2D eigenvalue weighted by Gasteiger charge is -2.33. The second kappa shape index (κ2) is 10.4. The second-order valence-corrected chi connectivity index (χ2v) is 6.57. The van der Waals surface area contributed by atoms with Gasteiger partial charge in [0.15, 0.2) is 0 Å². The number of carbonyl (C=O) groups excluding carboxylic acids is 1. The molecule has 1 aliphatic heterocycles. The van der Waals surface area contributed by atoms with E-state index < -0.39 is 0 Å². The monoisotopic (exact) mass is 304 g/mol. The van der Waals surface area contributed by atoms with Crippen LogP contribution < -0.4 is 5.32 Å². The van der Waals surface area contributed by atoms with E-state index in [0.29, 0.717) is 17.7 Å². The molecule has 0 aromatic heterocycles. The van der Waals surface area contributed by atoms with E-state index >= 15 is 0 Å². The minimum Gasteiger partial charge on any atom is -0.343 e. The van der Waals surface area contributed by atoms with Crippen LogP contribution in [0.4, 0.5) is 0 Å². The summed E-state index contributed by atoms with van der Waals surface area (Å²) >= 11 is 0. The standard InChI is InChI=1S/C16H32N2O.ClH/c1-5-17-12-15-6-8-18(9-7-15)16(19)11-14(4)10-13(2)3;/h13-15,17H,5-12H2,1-4H3;1H. The summed E-state index contributed by atoms with van der Waals surface area (Å²) in [6.45, 7) is 12.9. The molecule has 0 aliphatic carbocycles. The lowest BCUT2D eigenvalue weighted by atomic mass is 9.93. The topological polar surface area (TPSA) is 32.3 Å². The van der Waals surface area contributed by atoms with Crippen LogP contribution in [-0.2, 0) is 4.79 Å². The zero-order valence-electron chi connectivity index (χ0n) is 13.7. The van der Waals surface area contributed by atoms with Gasteiger partial charge in [0.25, 0.3) is 0 Å². The molecule has 1 heterocycles. The summed E-state index contributed by atoms with van der Waals surface area (Å²) in [6.07, 6.45) is 4.22. The fraction of sp³-hybridized carbons (Fsp3) is 0.938. The summed E-state index contributed by atoms with van der Waals surface area (Å²) < 4.78 is 0. The number of hydrogen-bond acceptors (Lipinski definition) is 2. The van der Waals surface area contributed by atoms with Crippen LogP contribution in [0.2, 0.25) is 0 Å². The number of amides is 1. The van der Waals surface area contributed by atoms with Gasteiger partial charge in [0.2, 0.25) is 5.91 Å². The molecule has 1 amide bonds. The number of hydrogen-bond donors (Lipinski definition) is 1. The number of piperidine rings is 1. The average Bonchev–Trinajstić information content (AvgIpc) is 2.35. The van der Waals surface area contributed by atoms with Crippen molar-refractivity contribution in [3.8, 4) is 0 Å². The van der Waals surface area contributed by atoms with E-state index in [0.717, 1.165) is 57.8 Å². The Balaban J connectivity index is 0.00000361. The van der Waals surface area contributed by atoms with Gasteiger partial charge in [-0.25, -0.2) is 0 Å². The SMILES string of the molecule is CCNCC1CCN(C(=O)CC(C)CC(C)C)CC1.Cl. The quantitative estimate of drug-likeness (QED) is 0.782. The van der Waals surface area contributed by atoms with Crippen molar-refractivity contribution in [3.63, 3.8) is 0 Å². The van der Waals surface area contributed by atoms with E-state index in [9.17, 15) is 4.79 Å². The smallest absolute Gasteiger partial charge is 0.222 e. The summed E-state index contributed by atoms with van der Waals surface area (Å²) in [4.78, 5) is 14.3. The van der Waals surface area contributed by atoms with Crippen LogP contribution >= 0.6 is 12.4 Å². The molecule has 0 spiro atoms. The van der Waals surface area contributed by atoms with Crippen molar-refractivity contribution in [1.82, 2.24) is 10.2 Å². The van der Waals surface area contributed by atoms with Gasteiger partial charge in [0.1, 0.15) is 0 Å². The second-order valence-electron chi connectivity index (χ2n) is 6.57. The van der Waals surface area contributed by atoms with Gasteiger partial charge in [-0.2, -0.15) is 0 Å². The molecule has 120 valence electrons. The van der Waals surface area contributed by atoms with Gasteiger partial charge in [0.05, 0.1) is 0 Å². The summed E-state index contributed by atoms with van der Waals surface area (Å²) in [6, 6.07) is 0. The van der Waals surface area contributed by atoms with Crippen LogP contribution in [0.25, 0.3) is 0 Å². The van der Waals surface area contributed by atoms with Gasteiger partial charge in [-0.3, -0.25) is 4.79 Å². The number of rotatable bonds is 7. The number of halogens is 1. The highest BCUT2D eigenvalue weighted by Crippen LogP contribution is 2.20. The summed E-state index contributed by atoms with van der Waals surface area (Å²) in [7, 11) is 0. The van der Waals surface area contributed by atoms with Crippen molar-refractivity contribution in [3.05, 3.63) is 0 Å². The first kappa shape index (κ1) is 19.7. The largest absolute Gasteiger partial charge is 0.343 e. The van der Waals surface area contributed by atoms with Crippen LogP contribution in [0.15, 0.2) is 0 Å². The third-order valence-corrected chi connectivity index (χ3v) is 4.05. The van der Waals surface area contributed by atoms with Crippen LogP contribution in [0.1, 0.15) is 53.4 Å². The minimum atomic E-state index is 0. The molecule has 1 atom stereocenters. The third kappa shape index (κ3) is 7.49. The summed E-state index contributed by atoms with van der Waals surface area (Å²) in [5.74, 6) is 2.34. The van der Waals surface area contributed by atoms with Crippen molar-refractivity contribution in [2.45, 2.75) is 53.4 Å². The fourth-order valence-electron chi connectivity index (χ4n) is 3.05. The molecule has 0 saturated carbocycles. The van der Waals surface area contributed by atoms with Gasteiger partial charge in [-0.15, -0.1) is 12.4 Å². The van der Waals surface area contributed by atoms with E-state index in [2.05, 4.69) is 37.9 Å². The number of likely N-dealkylation sites (tertiary alicyclic amines) is 1. The molecule has 1 aliphatic rings. The van der Waals surface area contributed by atoms with Crippen LogP contribution in [-0.4, -0.2) is 37.0 Å². The van der Waals surface area contributed by atoms with Crippen LogP contribution in [0, 0.1) is 17.8 Å². The van der Waals surface area contributed by atoms with Gasteiger partial charge < -0.3 is 10.2 Å². The highest BCUT2D eigenvalue weighted by Gasteiger charge is 2.23. The van der Waals surface area contributed by atoms with Crippen molar-refractivity contribution >= 4 is 18.3 Å². The van der Waals surface area contributed by atoms with Gasteiger partial charge >= 0.3 is 0 Å². The van der Waals surface area contributed by atoms with Gasteiger partial charge in [0, 0.05) is 19.5 Å². The molecular weight excluding hydrogens is 272 g/mol. The van der Waals surface area contributed by atoms with Crippen molar-refractivity contribution in [2.75, 3.05) is 26.2 Å². The first-order valence-electron chi connectivity index (χ1n) is 8.01. The predicted molar refractivity (Wildman–Crippen MR) is 88.3 cm³/mol. The fourth-order valence-corrected chi connectivity index (χ4v) is 3.05. The first-order valence-corrected chi connectivity index (χ1v) is 8.01. The maximum atomic E-state index is 12.2. The molecule has 4 heteroatoms. The molecule has 0 bridgehead atoms. The van der Waals surface area contributed by atoms with E-state index in [1.165, 1.54) is 0 Å². The zero-order chi connectivity index (χ0) is 14.3. The van der Waals surface area contributed by atoms with Crippen LogP contribution in [0.3, 0.4) is 0 Å². The molecule has 0 radical (unpaired) electrons. The van der Waals surface area contributed by atoms with Crippen molar-refractivity contribution in [2.24, 2.45) is 17.8 Å². The molecule has 1 fully saturated rings. The molecule has 1 rings (SSSR count). The van der Waals surface area contributed by atoms with Crippen molar-refractivity contribution in [1.29, 1.82) is 0 Å². The van der Waals surface area contributed by atoms with Crippen molar-refractivity contribution < 1.29 is 4.79 Å². The van der Waals surface area contributed by atoms with E-state index in [4.69, 9.17) is 0 Å². The predicted octanol–water partition coefficient (Wildman–Crippen LogP) is 3.33. The Kier molecular flexibility index (Phi) is 10.3. The summed E-state index contributed by atoms with van der Waals surface area (Å²) in [5, 5.41) is 3.41. The Morgan fingerprint density at radius 1 is 1.25 bits per heavy atom. The molecular formula is C16H33ClN2O. The Hall–Kier alpha value is -0.280. The van der Waals surface area contributed by atoms with E-state index in [1.54, 1.807) is 0 Å². The normalized spacial score (nSPS) is 17.9. The van der Waals surface area contributed by atoms with E-state index in [-0.39, 0.29) is 12.4 Å². The maximum absolute atomic E-state index is 12.2. The summed E-state index contributed by atoms with van der Waals surface area (Å²) in [5.41, 5.74) is 0. The van der Waals surface area contributed by atoms with Gasteiger partial charge in [-0.05, 0) is 50.1 Å². The molecule has 0 aromatic carbocycles. The average molecular weight is 305 g/mol. The highest BCUT2D eigenvalue weighted by atomic mass is 35.5. The maximum Gasteiger partial charge on any atom is 0.222 e. The molecule has 0 aromatic rings. The molecule has 1 saturated heterocycles. The molecule has 20 heavy (non-hydrogen) atoms. The minimum absolute atomic E-state index is 0. The van der Waals surface area contributed by atoms with Crippen LogP contribution in [0.5, 0.6) is 0 Å². The molecule has 3 nitrogen and oxygen atoms in total. The van der Waals surface area contributed by atoms with Gasteiger partial charge in [-0.1, -0.05) is 27.7 Å². The molecule has 1 unspecified atom stereocenters. The number of nitrogens with zero attached hydrogens (tertiary/aromatic N) is 1. The Morgan fingerprint density at radius 3 is 2.35 bits per heavy atom. The Morgan fingerprint density at radius 2 is 1.85 bits per heavy atom. The first-order chi connectivity index (χ1) is 9.02. The third-order valence-electron chi connectivity index (χ3n) is 4.05. The Labute approximate surface area is 131 Å². The lowest BCUT2D eigenvalue weighted by molar-refractivity contribution is -0.133. The zero-order valence-corrected chi connectivity index (χ0v) is 14.5. The molecule has 1 N–H and O–H groups in total. The number of carbonyl (C=O) groups is 1. The number of nitrogens with one attached hydrogen (secondary N) is 1. The highest BCUT2D eigenvalue weighted by molar-refractivity contribution is 5.85. The lowest BCUT2D eigenvalue weighted by Crippen LogP contribution is -2.41. The Bertz CT molecular complexity index is 263. The van der Waals surface area contributed by atoms with E-state index in [1.807, 2.05) is 0 Å².